The van der Waals surface area contributed by atoms with E-state index in [9.17, 15) is 4.79 Å². The topological polar surface area (TPSA) is 32.3 Å². The number of nitrogens with one attached hydrogen (secondary N) is 1. The van der Waals surface area contributed by atoms with Crippen LogP contribution in [0.3, 0.4) is 0 Å². The second-order valence-electron chi connectivity index (χ2n) is 4.05. The van der Waals surface area contributed by atoms with Crippen LogP contribution >= 0.6 is 15.9 Å². The quantitative estimate of drug-likeness (QED) is 0.872. The van der Waals surface area contributed by atoms with Crippen LogP contribution in [0.4, 0.5) is 0 Å². The number of hydrogen-bond acceptors (Lipinski definition) is 2. The van der Waals surface area contributed by atoms with Crippen LogP contribution in [0.5, 0.6) is 0 Å². The molecule has 0 saturated heterocycles. The molecule has 1 amide bonds. The molecule has 1 N–H and O–H groups in total. The highest BCUT2D eigenvalue weighted by Crippen LogP contribution is 2.11. The van der Waals surface area contributed by atoms with E-state index in [1.807, 2.05) is 26.2 Å². The molecule has 17 heavy (non-hydrogen) atoms. The minimum absolute atomic E-state index is 0.191. The molecule has 1 aromatic carbocycles. The lowest BCUT2D eigenvalue weighted by atomic mass is 10.1. The zero-order valence-corrected chi connectivity index (χ0v) is 12.0. The summed E-state index contributed by atoms with van der Waals surface area (Å²) in [5, 5.41) is 2.98. The molecule has 0 unspecified atom stereocenters. The van der Waals surface area contributed by atoms with Gasteiger partial charge in [0.15, 0.2) is 0 Å². The van der Waals surface area contributed by atoms with Gasteiger partial charge in [0.25, 0.3) is 0 Å². The van der Waals surface area contributed by atoms with Gasteiger partial charge in [-0.25, -0.2) is 0 Å². The first-order valence-corrected chi connectivity index (χ1v) is 6.56. The minimum atomic E-state index is 0.191. The van der Waals surface area contributed by atoms with Gasteiger partial charge in [-0.1, -0.05) is 28.1 Å². The monoisotopic (exact) mass is 298 g/mol. The summed E-state index contributed by atoms with van der Waals surface area (Å²) >= 11 is 3.41. The van der Waals surface area contributed by atoms with Gasteiger partial charge in [0.2, 0.25) is 5.91 Å². The van der Waals surface area contributed by atoms with E-state index in [-0.39, 0.29) is 5.91 Å². The van der Waals surface area contributed by atoms with Crippen LogP contribution in [0.15, 0.2) is 28.7 Å². The van der Waals surface area contributed by atoms with Crippen molar-refractivity contribution in [2.24, 2.45) is 0 Å². The van der Waals surface area contributed by atoms with E-state index in [0.29, 0.717) is 6.42 Å². The highest BCUT2D eigenvalue weighted by Gasteiger charge is 2.07. The van der Waals surface area contributed by atoms with E-state index in [0.717, 1.165) is 24.0 Å². The summed E-state index contributed by atoms with van der Waals surface area (Å²) in [6.07, 6.45) is 1.46. The van der Waals surface area contributed by atoms with Gasteiger partial charge in [0, 0.05) is 31.0 Å². The van der Waals surface area contributed by atoms with Crippen LogP contribution in [0, 0.1) is 0 Å². The van der Waals surface area contributed by atoms with Crippen LogP contribution in [0.1, 0.15) is 12.0 Å². The highest BCUT2D eigenvalue weighted by atomic mass is 79.9. The molecule has 0 bridgehead atoms. The lowest BCUT2D eigenvalue weighted by molar-refractivity contribution is -0.129. The van der Waals surface area contributed by atoms with Gasteiger partial charge in [-0.3, -0.25) is 4.79 Å². The average Bonchev–Trinajstić information content (AvgIpc) is 2.34. The predicted octanol–water partition coefficient (Wildman–Crippen LogP) is 2.06. The SMILES string of the molecule is CNCCC(=O)N(C)CCc1ccc(Br)cc1. The fourth-order valence-electron chi connectivity index (χ4n) is 1.50. The molecule has 94 valence electrons. The standard InChI is InChI=1S/C13H19BrN2O/c1-15-9-7-13(17)16(2)10-8-11-3-5-12(14)6-4-11/h3-6,15H,7-10H2,1-2H3. The van der Waals surface area contributed by atoms with Crippen molar-refractivity contribution in [3.8, 4) is 0 Å². The first-order chi connectivity index (χ1) is 8.13. The minimum Gasteiger partial charge on any atom is -0.345 e. The number of halogens is 1. The Morgan fingerprint density at radius 2 is 2.00 bits per heavy atom. The Morgan fingerprint density at radius 1 is 1.35 bits per heavy atom. The average molecular weight is 299 g/mol. The van der Waals surface area contributed by atoms with Crippen molar-refractivity contribution < 1.29 is 4.79 Å². The fraction of sp³-hybridized carbons (Fsp3) is 0.462. The third kappa shape index (κ3) is 5.33. The molecule has 0 radical (unpaired) electrons. The van der Waals surface area contributed by atoms with Gasteiger partial charge in [-0.2, -0.15) is 0 Å². The lowest BCUT2D eigenvalue weighted by Gasteiger charge is -2.17. The molecule has 0 aromatic heterocycles. The molecule has 0 aliphatic carbocycles. The van der Waals surface area contributed by atoms with Crippen molar-refractivity contribution in [3.05, 3.63) is 34.3 Å². The maximum atomic E-state index is 11.7. The van der Waals surface area contributed by atoms with Crippen molar-refractivity contribution in [2.75, 3.05) is 27.2 Å². The largest absolute Gasteiger partial charge is 0.345 e. The van der Waals surface area contributed by atoms with Crippen molar-refractivity contribution in [1.29, 1.82) is 0 Å². The summed E-state index contributed by atoms with van der Waals surface area (Å²) in [6.45, 7) is 1.51. The van der Waals surface area contributed by atoms with E-state index in [4.69, 9.17) is 0 Å². The van der Waals surface area contributed by atoms with Gasteiger partial charge in [-0.05, 0) is 31.2 Å². The molecule has 3 nitrogen and oxygen atoms in total. The number of benzene rings is 1. The van der Waals surface area contributed by atoms with Crippen molar-refractivity contribution >= 4 is 21.8 Å². The third-order valence-electron chi connectivity index (χ3n) is 2.66. The van der Waals surface area contributed by atoms with Crippen LogP contribution in [-0.4, -0.2) is 38.0 Å². The summed E-state index contributed by atoms with van der Waals surface area (Å²) in [7, 11) is 3.71. The van der Waals surface area contributed by atoms with Crippen LogP contribution in [-0.2, 0) is 11.2 Å². The molecule has 0 fully saturated rings. The van der Waals surface area contributed by atoms with Gasteiger partial charge in [0.05, 0.1) is 0 Å². The Morgan fingerprint density at radius 3 is 2.59 bits per heavy atom. The lowest BCUT2D eigenvalue weighted by Crippen LogP contribution is -2.30. The maximum absolute atomic E-state index is 11.7. The van der Waals surface area contributed by atoms with E-state index in [1.54, 1.807) is 4.90 Å². The molecule has 4 heteroatoms. The number of rotatable bonds is 6. The first-order valence-electron chi connectivity index (χ1n) is 5.76. The molecule has 1 aromatic rings. The van der Waals surface area contributed by atoms with Gasteiger partial charge in [0.1, 0.15) is 0 Å². The zero-order valence-electron chi connectivity index (χ0n) is 10.4. The summed E-state index contributed by atoms with van der Waals surface area (Å²) in [5.41, 5.74) is 1.25. The van der Waals surface area contributed by atoms with Crippen LogP contribution in [0.25, 0.3) is 0 Å². The number of likely N-dealkylation sites (N-methyl/N-ethyl adjacent to an activating group) is 1. The molecule has 0 atom stereocenters. The Kier molecular flexibility index (Phi) is 6.22. The Bertz CT molecular complexity index is 351. The summed E-state index contributed by atoms with van der Waals surface area (Å²) in [5.74, 6) is 0.191. The molecular formula is C13H19BrN2O. The Labute approximate surface area is 111 Å². The normalized spacial score (nSPS) is 10.3. The van der Waals surface area contributed by atoms with Gasteiger partial charge < -0.3 is 10.2 Å². The molecule has 0 saturated carbocycles. The summed E-state index contributed by atoms with van der Waals surface area (Å²) < 4.78 is 1.08. The van der Waals surface area contributed by atoms with Crippen molar-refractivity contribution in [3.63, 3.8) is 0 Å². The molecule has 0 heterocycles. The van der Waals surface area contributed by atoms with Gasteiger partial charge >= 0.3 is 0 Å². The molecule has 1 rings (SSSR count). The van der Waals surface area contributed by atoms with Crippen molar-refractivity contribution in [2.45, 2.75) is 12.8 Å². The molecule has 0 spiro atoms. The fourth-order valence-corrected chi connectivity index (χ4v) is 1.76. The van der Waals surface area contributed by atoms with Gasteiger partial charge in [-0.15, -0.1) is 0 Å². The summed E-state index contributed by atoms with van der Waals surface area (Å²) in [6, 6.07) is 8.21. The second kappa shape index (κ2) is 7.45. The summed E-state index contributed by atoms with van der Waals surface area (Å²) in [4.78, 5) is 13.4. The van der Waals surface area contributed by atoms with Crippen molar-refractivity contribution in [1.82, 2.24) is 10.2 Å². The van der Waals surface area contributed by atoms with Crippen LogP contribution < -0.4 is 5.32 Å². The first kappa shape index (κ1) is 14.2. The number of carbonyl (C=O) groups excluding carboxylic acids is 1. The van der Waals surface area contributed by atoms with E-state index < -0.39 is 0 Å². The third-order valence-corrected chi connectivity index (χ3v) is 3.19. The number of nitrogens with zero attached hydrogens (tertiary/aromatic N) is 1. The Balaban J connectivity index is 2.34. The predicted molar refractivity (Wildman–Crippen MR) is 74.0 cm³/mol. The van der Waals surface area contributed by atoms with Crippen LogP contribution in [0.2, 0.25) is 0 Å². The number of carbonyl (C=O) groups is 1. The number of amides is 1. The molecule has 0 aliphatic heterocycles. The number of hydrogen-bond donors (Lipinski definition) is 1. The molecule has 0 aliphatic rings. The smallest absolute Gasteiger partial charge is 0.223 e. The zero-order chi connectivity index (χ0) is 12.7. The van der Waals surface area contributed by atoms with E-state index in [1.165, 1.54) is 5.56 Å². The van der Waals surface area contributed by atoms with E-state index in [2.05, 4.69) is 33.4 Å². The highest BCUT2D eigenvalue weighted by molar-refractivity contribution is 9.10. The maximum Gasteiger partial charge on any atom is 0.223 e. The molecular weight excluding hydrogens is 280 g/mol. The van der Waals surface area contributed by atoms with E-state index >= 15 is 0 Å². The Hall–Kier alpha value is -0.870. The second-order valence-corrected chi connectivity index (χ2v) is 4.96.